The van der Waals surface area contributed by atoms with Gasteiger partial charge >= 0.3 is 0 Å². The molecule has 0 aliphatic carbocycles. The van der Waals surface area contributed by atoms with Gasteiger partial charge in [0.15, 0.2) is 5.96 Å². The van der Waals surface area contributed by atoms with E-state index in [1.165, 1.54) is 25.7 Å². The number of hydrogen-bond donors (Lipinski definition) is 2. The van der Waals surface area contributed by atoms with Crippen molar-refractivity contribution in [3.63, 3.8) is 0 Å². The molecule has 1 atom stereocenters. The van der Waals surface area contributed by atoms with Gasteiger partial charge in [0, 0.05) is 51.4 Å². The summed E-state index contributed by atoms with van der Waals surface area (Å²) in [4.78, 5) is 25.6. The van der Waals surface area contributed by atoms with E-state index < -0.39 is 0 Å². The van der Waals surface area contributed by atoms with Gasteiger partial charge in [-0.1, -0.05) is 25.8 Å². The fourth-order valence-corrected chi connectivity index (χ4v) is 4.01. The van der Waals surface area contributed by atoms with E-state index in [0.29, 0.717) is 13.0 Å². The van der Waals surface area contributed by atoms with Crippen LogP contribution in [0.3, 0.4) is 0 Å². The minimum absolute atomic E-state index is 0. The third-order valence-corrected chi connectivity index (χ3v) is 5.69. The number of carbonyl (C=O) groups excluding carboxylic acids is 1. The van der Waals surface area contributed by atoms with Gasteiger partial charge in [-0.05, 0) is 37.8 Å². The molecule has 1 amide bonds. The van der Waals surface area contributed by atoms with Crippen molar-refractivity contribution >= 4 is 41.7 Å². The fourth-order valence-electron chi connectivity index (χ4n) is 4.01. The molecule has 2 aliphatic rings. The molecule has 3 heterocycles. The van der Waals surface area contributed by atoms with E-state index in [0.717, 1.165) is 56.5 Å². The summed E-state index contributed by atoms with van der Waals surface area (Å²) >= 11 is 0. The third kappa shape index (κ3) is 7.28. The molecule has 0 saturated carbocycles. The first-order chi connectivity index (χ1) is 14.2. The molecule has 0 bridgehead atoms. The number of rotatable bonds is 6. The standard InChI is InChI=1S/C22H36N6O.HI/c1-3-21(29)28-14-11-19(17-28)26-22(23-4-2)25-16-18-9-10-20(24-15-18)27-12-7-5-6-8-13-27;/h9-10,15,19H,3-8,11-14,16-17H2,1-2H3,(H2,23,25,26);1H. The predicted octanol–water partition coefficient (Wildman–Crippen LogP) is 3.15. The maximum Gasteiger partial charge on any atom is 0.222 e. The summed E-state index contributed by atoms with van der Waals surface area (Å²) in [6.07, 6.45) is 8.65. The van der Waals surface area contributed by atoms with Gasteiger partial charge in [0.1, 0.15) is 5.82 Å². The van der Waals surface area contributed by atoms with Gasteiger partial charge in [-0.3, -0.25) is 4.79 Å². The van der Waals surface area contributed by atoms with Crippen molar-refractivity contribution in [1.29, 1.82) is 0 Å². The average molecular weight is 528 g/mol. The summed E-state index contributed by atoms with van der Waals surface area (Å²) in [5.74, 6) is 2.11. The summed E-state index contributed by atoms with van der Waals surface area (Å²) in [7, 11) is 0. The molecule has 0 aromatic carbocycles. The number of aliphatic imine (C=N–C) groups is 1. The van der Waals surface area contributed by atoms with Crippen LogP contribution in [0.5, 0.6) is 0 Å². The number of carbonyl (C=O) groups is 1. The van der Waals surface area contributed by atoms with Gasteiger partial charge in [-0.15, -0.1) is 24.0 Å². The summed E-state index contributed by atoms with van der Waals surface area (Å²) < 4.78 is 0. The Morgan fingerprint density at radius 1 is 1.17 bits per heavy atom. The molecular weight excluding hydrogens is 491 g/mol. The molecule has 2 aliphatic heterocycles. The Morgan fingerprint density at radius 3 is 2.57 bits per heavy atom. The second-order valence-electron chi connectivity index (χ2n) is 7.94. The van der Waals surface area contributed by atoms with Crippen molar-refractivity contribution in [3.8, 4) is 0 Å². The van der Waals surface area contributed by atoms with Crippen LogP contribution < -0.4 is 15.5 Å². The highest BCUT2D eigenvalue weighted by molar-refractivity contribution is 14.0. The Bertz CT molecular complexity index is 673. The lowest BCUT2D eigenvalue weighted by Crippen LogP contribution is -2.45. The lowest BCUT2D eigenvalue weighted by Gasteiger charge is -2.21. The fraction of sp³-hybridized carbons (Fsp3) is 0.682. The van der Waals surface area contributed by atoms with Crippen molar-refractivity contribution < 1.29 is 4.79 Å². The highest BCUT2D eigenvalue weighted by Crippen LogP contribution is 2.17. The molecule has 2 saturated heterocycles. The van der Waals surface area contributed by atoms with E-state index in [-0.39, 0.29) is 35.9 Å². The number of nitrogens with one attached hydrogen (secondary N) is 2. The lowest BCUT2D eigenvalue weighted by atomic mass is 10.2. The third-order valence-electron chi connectivity index (χ3n) is 5.69. The number of halogens is 1. The Balaban J connectivity index is 0.00000320. The summed E-state index contributed by atoms with van der Waals surface area (Å²) in [6.45, 7) is 9.18. The second kappa shape index (κ2) is 13.0. The Labute approximate surface area is 198 Å². The van der Waals surface area contributed by atoms with Gasteiger partial charge in [0.05, 0.1) is 6.54 Å². The van der Waals surface area contributed by atoms with Crippen LogP contribution in [-0.4, -0.2) is 60.5 Å². The number of anilines is 1. The van der Waals surface area contributed by atoms with Crippen LogP contribution in [0.15, 0.2) is 23.3 Å². The van der Waals surface area contributed by atoms with Crippen LogP contribution in [0.25, 0.3) is 0 Å². The van der Waals surface area contributed by atoms with Crippen LogP contribution in [-0.2, 0) is 11.3 Å². The van der Waals surface area contributed by atoms with Crippen molar-refractivity contribution in [2.24, 2.45) is 4.99 Å². The number of guanidine groups is 1. The summed E-state index contributed by atoms with van der Waals surface area (Å²) in [5, 5.41) is 6.80. The molecule has 2 N–H and O–H groups in total. The zero-order chi connectivity index (χ0) is 20.5. The average Bonchev–Trinajstić information content (AvgIpc) is 3.04. The van der Waals surface area contributed by atoms with Crippen molar-refractivity contribution in [2.75, 3.05) is 37.6 Å². The SMILES string of the molecule is CCNC(=NCc1ccc(N2CCCCCC2)nc1)NC1CCN(C(=O)CC)C1.I. The van der Waals surface area contributed by atoms with Crippen LogP contribution >= 0.6 is 24.0 Å². The van der Waals surface area contributed by atoms with E-state index in [4.69, 9.17) is 4.99 Å². The van der Waals surface area contributed by atoms with E-state index >= 15 is 0 Å². The van der Waals surface area contributed by atoms with Crippen molar-refractivity contribution in [2.45, 2.75) is 65.0 Å². The number of amides is 1. The second-order valence-corrected chi connectivity index (χ2v) is 7.94. The number of hydrogen-bond acceptors (Lipinski definition) is 4. The maximum absolute atomic E-state index is 11.9. The zero-order valence-electron chi connectivity index (χ0n) is 18.4. The monoisotopic (exact) mass is 528 g/mol. The van der Waals surface area contributed by atoms with E-state index in [1.54, 1.807) is 0 Å². The number of nitrogens with zero attached hydrogens (tertiary/aromatic N) is 4. The highest BCUT2D eigenvalue weighted by Gasteiger charge is 2.25. The van der Waals surface area contributed by atoms with E-state index in [2.05, 4.69) is 39.6 Å². The van der Waals surface area contributed by atoms with Crippen molar-refractivity contribution in [1.82, 2.24) is 20.5 Å². The molecule has 168 valence electrons. The van der Waals surface area contributed by atoms with Crippen LogP contribution in [0.1, 0.15) is 57.9 Å². The van der Waals surface area contributed by atoms with Crippen LogP contribution in [0, 0.1) is 0 Å². The summed E-state index contributed by atoms with van der Waals surface area (Å²) in [5.41, 5.74) is 1.11. The Hall–Kier alpha value is -1.58. The molecule has 30 heavy (non-hydrogen) atoms. The molecular formula is C22H37IN6O. The quantitative estimate of drug-likeness (QED) is 0.337. The van der Waals surface area contributed by atoms with Crippen LogP contribution in [0.4, 0.5) is 5.82 Å². The molecule has 0 radical (unpaired) electrons. The zero-order valence-corrected chi connectivity index (χ0v) is 20.7. The molecule has 8 heteroatoms. The molecule has 1 unspecified atom stereocenters. The van der Waals surface area contributed by atoms with Gasteiger partial charge in [0.2, 0.25) is 5.91 Å². The van der Waals surface area contributed by atoms with Gasteiger partial charge < -0.3 is 20.4 Å². The largest absolute Gasteiger partial charge is 0.357 e. The molecule has 2 fully saturated rings. The maximum atomic E-state index is 11.9. The molecule has 0 spiro atoms. The molecule has 1 aromatic heterocycles. The van der Waals surface area contributed by atoms with Crippen molar-refractivity contribution in [3.05, 3.63) is 23.9 Å². The van der Waals surface area contributed by atoms with Gasteiger partial charge in [-0.25, -0.2) is 9.98 Å². The molecule has 1 aromatic rings. The van der Waals surface area contributed by atoms with Gasteiger partial charge in [0.25, 0.3) is 0 Å². The predicted molar refractivity (Wildman–Crippen MR) is 134 cm³/mol. The smallest absolute Gasteiger partial charge is 0.222 e. The minimum atomic E-state index is 0. The normalized spacial score (nSPS) is 19.8. The first-order valence-corrected chi connectivity index (χ1v) is 11.2. The topological polar surface area (TPSA) is 72.9 Å². The first kappa shape index (κ1) is 24.7. The summed E-state index contributed by atoms with van der Waals surface area (Å²) in [6, 6.07) is 4.52. The van der Waals surface area contributed by atoms with E-state index in [1.807, 2.05) is 18.0 Å². The highest BCUT2D eigenvalue weighted by atomic mass is 127. The van der Waals surface area contributed by atoms with E-state index in [9.17, 15) is 4.79 Å². The van der Waals surface area contributed by atoms with Gasteiger partial charge in [-0.2, -0.15) is 0 Å². The first-order valence-electron chi connectivity index (χ1n) is 11.2. The number of aromatic nitrogens is 1. The Morgan fingerprint density at radius 2 is 1.93 bits per heavy atom. The number of pyridine rings is 1. The lowest BCUT2D eigenvalue weighted by molar-refractivity contribution is -0.129. The molecule has 7 nitrogen and oxygen atoms in total. The molecule has 3 rings (SSSR count). The minimum Gasteiger partial charge on any atom is -0.357 e. The van der Waals surface area contributed by atoms with Crippen LogP contribution in [0.2, 0.25) is 0 Å². The number of likely N-dealkylation sites (tertiary alicyclic amines) is 1. The Kier molecular flexibility index (Phi) is 10.7.